The van der Waals surface area contributed by atoms with Crippen LogP contribution in [-0.2, 0) is 18.6 Å². The van der Waals surface area contributed by atoms with Crippen LogP contribution in [0.15, 0.2) is 0 Å². The molecule has 178 valence electrons. The van der Waals surface area contributed by atoms with Gasteiger partial charge in [0.25, 0.3) is 0 Å². The highest BCUT2D eigenvalue weighted by Crippen LogP contribution is 2.44. The summed E-state index contributed by atoms with van der Waals surface area (Å²) < 4.78 is 26.6. The van der Waals surface area contributed by atoms with Crippen molar-refractivity contribution in [3.05, 3.63) is 0 Å². The van der Waals surface area contributed by atoms with E-state index in [0.29, 0.717) is 0 Å². The third-order valence-corrected chi connectivity index (χ3v) is 74.2. The molecule has 0 unspecified atom stereocenters. The second kappa shape index (κ2) is 9.13. The maximum Gasteiger partial charge on any atom is 0.190 e. The minimum absolute atomic E-state index is 0.0103. The standard InChI is InChI=1S/C21H49NO4Si4/c1-13-14-15-22-16-17-18(19-20(23-17)25-21(2,3)24-19)26-30(27(4,5)6,28(7,8)9)29(10,11)12/h17-20,22H,13-16H2,1-12H3/t17-,18+,19-,20-/m1/s1. The van der Waals surface area contributed by atoms with Gasteiger partial charge in [-0.2, -0.15) is 0 Å². The van der Waals surface area contributed by atoms with Crippen molar-refractivity contribution in [2.75, 3.05) is 13.1 Å². The largest absolute Gasteiger partial charge is 0.417 e. The molecule has 2 aliphatic rings. The Bertz CT molecular complexity index is 547. The van der Waals surface area contributed by atoms with Crippen molar-refractivity contribution in [2.45, 2.75) is 123 Å². The molecule has 0 aliphatic carbocycles. The molecule has 2 aliphatic heterocycles. The Morgan fingerprint density at radius 2 is 1.40 bits per heavy atom. The van der Waals surface area contributed by atoms with Crippen molar-refractivity contribution in [1.82, 2.24) is 5.32 Å². The van der Waals surface area contributed by atoms with Crippen LogP contribution in [0.2, 0.25) is 58.9 Å². The first-order chi connectivity index (χ1) is 13.5. The summed E-state index contributed by atoms with van der Waals surface area (Å²) in [5.74, 6) is -0.612. The topological polar surface area (TPSA) is 49.0 Å². The summed E-state index contributed by atoms with van der Waals surface area (Å²) in [7, 11) is -4.68. The molecule has 5 nitrogen and oxygen atoms in total. The van der Waals surface area contributed by atoms with Gasteiger partial charge in [-0.05, 0) is 26.8 Å². The van der Waals surface area contributed by atoms with Crippen LogP contribution in [0.5, 0.6) is 0 Å². The van der Waals surface area contributed by atoms with Gasteiger partial charge in [0.05, 0.1) is 22.8 Å². The number of hydrogen-bond acceptors (Lipinski definition) is 5. The smallest absolute Gasteiger partial charge is 0.190 e. The summed E-state index contributed by atoms with van der Waals surface area (Å²) in [6, 6.07) is 0. The zero-order chi connectivity index (χ0) is 23.2. The highest BCUT2D eigenvalue weighted by atomic mass is 29.9. The fraction of sp³-hybridized carbons (Fsp3) is 1.00. The Morgan fingerprint density at radius 3 is 1.87 bits per heavy atom. The summed E-state index contributed by atoms with van der Waals surface area (Å²) in [5, 5.41) is 3.60. The third-order valence-electron chi connectivity index (χ3n) is 6.62. The quantitative estimate of drug-likeness (QED) is 0.350. The van der Waals surface area contributed by atoms with E-state index in [4.69, 9.17) is 18.6 Å². The Balaban J connectivity index is 2.42. The van der Waals surface area contributed by atoms with Gasteiger partial charge >= 0.3 is 0 Å². The summed E-state index contributed by atoms with van der Waals surface area (Å²) in [6.45, 7) is 29.1. The first-order valence-corrected chi connectivity index (χ1v) is 27.3. The van der Waals surface area contributed by atoms with E-state index in [1.54, 1.807) is 0 Å². The van der Waals surface area contributed by atoms with E-state index in [2.05, 4.69) is 71.2 Å². The number of rotatable bonds is 10. The van der Waals surface area contributed by atoms with Crippen molar-refractivity contribution in [2.24, 2.45) is 0 Å². The molecule has 4 atom stereocenters. The number of nitrogens with one attached hydrogen (secondary N) is 1. The van der Waals surface area contributed by atoms with E-state index >= 15 is 0 Å². The van der Waals surface area contributed by atoms with Gasteiger partial charge in [0, 0.05) is 6.54 Å². The number of ether oxygens (including phenoxy) is 3. The summed E-state index contributed by atoms with van der Waals surface area (Å²) in [6.07, 6.45) is 1.88. The van der Waals surface area contributed by atoms with E-state index in [1.165, 1.54) is 12.8 Å². The maximum atomic E-state index is 7.62. The van der Waals surface area contributed by atoms with Crippen molar-refractivity contribution in [1.29, 1.82) is 0 Å². The predicted octanol–water partition coefficient (Wildman–Crippen LogP) is 4.83. The second-order valence-corrected chi connectivity index (χ2v) is 52.1. The van der Waals surface area contributed by atoms with Gasteiger partial charge < -0.3 is 24.0 Å². The van der Waals surface area contributed by atoms with Crippen molar-refractivity contribution < 1.29 is 18.6 Å². The average molecular weight is 492 g/mol. The van der Waals surface area contributed by atoms with Crippen LogP contribution < -0.4 is 5.32 Å². The van der Waals surface area contributed by atoms with Crippen molar-refractivity contribution in [3.8, 4) is 0 Å². The molecule has 0 aromatic heterocycles. The lowest BCUT2D eigenvalue weighted by atomic mass is 10.1. The molecule has 0 aromatic carbocycles. The van der Waals surface area contributed by atoms with Crippen LogP contribution in [-0.4, -0.2) is 73.1 Å². The Morgan fingerprint density at radius 1 is 0.867 bits per heavy atom. The lowest BCUT2D eigenvalue weighted by Gasteiger charge is -2.57. The molecule has 2 saturated heterocycles. The fourth-order valence-electron chi connectivity index (χ4n) is 6.51. The molecule has 2 fully saturated rings. The molecular weight excluding hydrogens is 443 g/mol. The molecule has 0 aromatic rings. The number of fused-ring (bicyclic) bond motifs is 1. The van der Waals surface area contributed by atoms with Gasteiger partial charge in [-0.1, -0.05) is 72.3 Å². The van der Waals surface area contributed by atoms with Gasteiger partial charge in [0.1, 0.15) is 18.3 Å². The molecule has 0 radical (unpaired) electrons. The van der Waals surface area contributed by atoms with Crippen LogP contribution in [0.3, 0.4) is 0 Å². The zero-order valence-electron chi connectivity index (χ0n) is 21.8. The molecule has 0 saturated carbocycles. The van der Waals surface area contributed by atoms with E-state index in [1.807, 2.05) is 13.8 Å². The number of hydrogen-bond donors (Lipinski definition) is 1. The molecule has 2 rings (SSSR count). The van der Waals surface area contributed by atoms with Gasteiger partial charge in [-0.3, -0.25) is 0 Å². The Kier molecular flexibility index (Phi) is 8.19. The molecule has 2 heterocycles. The Labute approximate surface area is 189 Å². The maximum absolute atomic E-state index is 7.62. The summed E-state index contributed by atoms with van der Waals surface area (Å²) >= 11 is 0. The average Bonchev–Trinajstić information content (AvgIpc) is 2.97. The summed E-state index contributed by atoms with van der Waals surface area (Å²) in [5.41, 5.74) is 0. The zero-order valence-corrected chi connectivity index (χ0v) is 25.8. The molecular formula is C21H49NO4Si4. The van der Waals surface area contributed by atoms with Crippen molar-refractivity contribution >= 4 is 29.6 Å². The fourth-order valence-corrected chi connectivity index (χ4v) is 100. The van der Waals surface area contributed by atoms with E-state index in [-0.39, 0.29) is 24.6 Å². The van der Waals surface area contributed by atoms with Gasteiger partial charge in [-0.25, -0.2) is 0 Å². The SMILES string of the molecule is CCCCNC[C@H]1O[C@@H]2OC(C)(C)O[C@@H]2[C@H]1O[Si]([Si](C)(C)C)([Si](C)(C)C)[Si](C)(C)C. The predicted molar refractivity (Wildman–Crippen MR) is 137 cm³/mol. The van der Waals surface area contributed by atoms with E-state index < -0.39 is 35.4 Å². The second-order valence-electron chi connectivity index (χ2n) is 12.7. The molecule has 30 heavy (non-hydrogen) atoms. The Hall–Kier alpha value is 0.668. The minimum atomic E-state index is -1.99. The molecule has 0 bridgehead atoms. The monoisotopic (exact) mass is 491 g/mol. The van der Waals surface area contributed by atoms with Crippen LogP contribution in [0, 0.1) is 0 Å². The molecule has 0 amide bonds. The first-order valence-electron chi connectivity index (χ1n) is 11.9. The highest BCUT2D eigenvalue weighted by molar-refractivity contribution is 7.87. The highest BCUT2D eigenvalue weighted by Gasteiger charge is 2.67. The van der Waals surface area contributed by atoms with Gasteiger partial charge in [0.2, 0.25) is 0 Å². The molecule has 9 heteroatoms. The molecule has 1 N–H and O–H groups in total. The van der Waals surface area contributed by atoms with Crippen LogP contribution in [0.25, 0.3) is 0 Å². The van der Waals surface area contributed by atoms with E-state index in [9.17, 15) is 0 Å². The van der Waals surface area contributed by atoms with Crippen LogP contribution >= 0.6 is 0 Å². The van der Waals surface area contributed by atoms with Crippen molar-refractivity contribution in [3.63, 3.8) is 0 Å². The lowest BCUT2D eigenvalue weighted by molar-refractivity contribution is -0.212. The lowest BCUT2D eigenvalue weighted by Crippen LogP contribution is -2.85. The van der Waals surface area contributed by atoms with Gasteiger partial charge in [0.15, 0.2) is 18.9 Å². The molecule has 0 spiro atoms. The van der Waals surface area contributed by atoms with Gasteiger partial charge in [-0.15, -0.1) is 0 Å². The summed E-state index contributed by atoms with van der Waals surface area (Å²) in [4.78, 5) is 0. The minimum Gasteiger partial charge on any atom is -0.417 e. The normalized spacial score (nSPS) is 30.0. The van der Waals surface area contributed by atoms with Crippen LogP contribution in [0.4, 0.5) is 0 Å². The first kappa shape index (κ1) is 26.9. The number of unbranched alkanes of at least 4 members (excludes halogenated alkanes) is 1. The van der Waals surface area contributed by atoms with Crippen LogP contribution in [0.1, 0.15) is 33.6 Å². The third kappa shape index (κ3) is 5.25. The van der Waals surface area contributed by atoms with E-state index in [0.717, 1.165) is 13.1 Å².